The number of carbonyl (C=O) groups excluding carboxylic acids is 1. The van der Waals surface area contributed by atoms with Gasteiger partial charge < -0.3 is 10.2 Å². The SMILES string of the molecule is CN(CCc1ccncc1)c1ccc(NC(=O)Cc2ccccc2)cn1. The van der Waals surface area contributed by atoms with Gasteiger partial charge in [-0.1, -0.05) is 30.3 Å². The molecule has 132 valence electrons. The van der Waals surface area contributed by atoms with E-state index in [0.29, 0.717) is 12.1 Å². The van der Waals surface area contributed by atoms with Crippen LogP contribution in [0.25, 0.3) is 0 Å². The molecule has 5 heteroatoms. The van der Waals surface area contributed by atoms with Crippen molar-refractivity contribution in [1.29, 1.82) is 0 Å². The van der Waals surface area contributed by atoms with Crippen molar-refractivity contribution >= 4 is 17.4 Å². The first-order valence-corrected chi connectivity index (χ1v) is 8.60. The third-order valence-corrected chi connectivity index (χ3v) is 4.12. The van der Waals surface area contributed by atoms with E-state index in [1.54, 1.807) is 18.6 Å². The summed E-state index contributed by atoms with van der Waals surface area (Å²) < 4.78 is 0. The second kappa shape index (κ2) is 8.76. The predicted octanol–water partition coefficient (Wildman–Crippen LogP) is 3.34. The Kier molecular flexibility index (Phi) is 5.93. The monoisotopic (exact) mass is 346 g/mol. The average Bonchev–Trinajstić information content (AvgIpc) is 2.68. The van der Waals surface area contributed by atoms with Crippen LogP contribution in [-0.2, 0) is 17.6 Å². The van der Waals surface area contributed by atoms with Crippen LogP contribution in [0.5, 0.6) is 0 Å². The third-order valence-electron chi connectivity index (χ3n) is 4.12. The molecule has 5 nitrogen and oxygen atoms in total. The van der Waals surface area contributed by atoms with Crippen LogP contribution in [0.4, 0.5) is 11.5 Å². The van der Waals surface area contributed by atoms with E-state index in [-0.39, 0.29) is 5.91 Å². The van der Waals surface area contributed by atoms with Gasteiger partial charge in [-0.15, -0.1) is 0 Å². The van der Waals surface area contributed by atoms with Crippen molar-refractivity contribution in [2.75, 3.05) is 23.8 Å². The maximum Gasteiger partial charge on any atom is 0.228 e. The normalized spacial score (nSPS) is 10.3. The molecule has 2 heterocycles. The third kappa shape index (κ3) is 5.14. The summed E-state index contributed by atoms with van der Waals surface area (Å²) >= 11 is 0. The number of hydrogen-bond acceptors (Lipinski definition) is 4. The fourth-order valence-electron chi connectivity index (χ4n) is 2.63. The zero-order chi connectivity index (χ0) is 18.2. The first kappa shape index (κ1) is 17.6. The molecule has 0 unspecified atom stereocenters. The Hall–Kier alpha value is -3.21. The molecule has 0 aliphatic heterocycles. The first-order chi connectivity index (χ1) is 12.7. The number of likely N-dealkylation sites (N-methyl/N-ethyl adjacent to an activating group) is 1. The van der Waals surface area contributed by atoms with Crippen LogP contribution in [0.1, 0.15) is 11.1 Å². The molecule has 1 aromatic carbocycles. The lowest BCUT2D eigenvalue weighted by Gasteiger charge is -2.18. The van der Waals surface area contributed by atoms with E-state index in [9.17, 15) is 4.79 Å². The van der Waals surface area contributed by atoms with Gasteiger partial charge in [-0.2, -0.15) is 0 Å². The summed E-state index contributed by atoms with van der Waals surface area (Å²) in [6, 6.07) is 17.5. The van der Waals surface area contributed by atoms with E-state index in [0.717, 1.165) is 24.3 Å². The van der Waals surface area contributed by atoms with Crippen molar-refractivity contribution in [1.82, 2.24) is 9.97 Å². The lowest BCUT2D eigenvalue weighted by molar-refractivity contribution is -0.115. The molecule has 0 saturated carbocycles. The fourth-order valence-corrected chi connectivity index (χ4v) is 2.63. The van der Waals surface area contributed by atoms with Gasteiger partial charge in [0.2, 0.25) is 5.91 Å². The van der Waals surface area contributed by atoms with Crippen molar-refractivity contribution in [3.8, 4) is 0 Å². The summed E-state index contributed by atoms with van der Waals surface area (Å²) in [6.07, 6.45) is 6.59. The lowest BCUT2D eigenvalue weighted by Crippen LogP contribution is -2.21. The number of amides is 1. The summed E-state index contributed by atoms with van der Waals surface area (Å²) in [6.45, 7) is 0.858. The summed E-state index contributed by atoms with van der Waals surface area (Å²) in [4.78, 5) is 22.7. The molecular weight excluding hydrogens is 324 g/mol. The van der Waals surface area contributed by atoms with Crippen LogP contribution in [0.2, 0.25) is 0 Å². The van der Waals surface area contributed by atoms with E-state index < -0.39 is 0 Å². The molecule has 0 fully saturated rings. The summed E-state index contributed by atoms with van der Waals surface area (Å²) in [5, 5.41) is 2.89. The Labute approximate surface area is 153 Å². The number of carbonyl (C=O) groups is 1. The highest BCUT2D eigenvalue weighted by atomic mass is 16.1. The molecule has 3 rings (SSSR count). The second-order valence-electron chi connectivity index (χ2n) is 6.14. The summed E-state index contributed by atoms with van der Waals surface area (Å²) in [5.74, 6) is 0.830. The summed E-state index contributed by atoms with van der Waals surface area (Å²) in [5.41, 5.74) is 2.94. The minimum absolute atomic E-state index is 0.0446. The molecule has 0 bridgehead atoms. The molecule has 1 amide bonds. The van der Waals surface area contributed by atoms with Gasteiger partial charge in [0.05, 0.1) is 18.3 Å². The van der Waals surface area contributed by atoms with E-state index in [4.69, 9.17) is 0 Å². The minimum Gasteiger partial charge on any atom is -0.359 e. The van der Waals surface area contributed by atoms with Crippen molar-refractivity contribution in [3.05, 3.63) is 84.3 Å². The number of hydrogen-bond donors (Lipinski definition) is 1. The minimum atomic E-state index is -0.0446. The van der Waals surface area contributed by atoms with Gasteiger partial charge in [-0.05, 0) is 41.8 Å². The molecule has 2 aromatic heterocycles. The highest BCUT2D eigenvalue weighted by Gasteiger charge is 2.06. The van der Waals surface area contributed by atoms with Crippen molar-refractivity contribution in [2.24, 2.45) is 0 Å². The molecule has 0 aliphatic carbocycles. The van der Waals surface area contributed by atoms with Gasteiger partial charge in [-0.3, -0.25) is 9.78 Å². The van der Waals surface area contributed by atoms with Crippen LogP contribution in [0.3, 0.4) is 0 Å². The molecule has 0 atom stereocenters. The largest absolute Gasteiger partial charge is 0.359 e. The number of benzene rings is 1. The van der Waals surface area contributed by atoms with Crippen LogP contribution >= 0.6 is 0 Å². The van der Waals surface area contributed by atoms with Gasteiger partial charge in [0.15, 0.2) is 0 Å². The van der Waals surface area contributed by atoms with Crippen LogP contribution in [0, 0.1) is 0 Å². The highest BCUT2D eigenvalue weighted by molar-refractivity contribution is 5.92. The number of aromatic nitrogens is 2. The maximum absolute atomic E-state index is 12.1. The van der Waals surface area contributed by atoms with E-state index in [2.05, 4.69) is 20.2 Å². The molecule has 0 radical (unpaired) electrons. The number of rotatable bonds is 7. The molecular formula is C21H22N4O. The number of pyridine rings is 2. The lowest BCUT2D eigenvalue weighted by atomic mass is 10.1. The van der Waals surface area contributed by atoms with Gasteiger partial charge in [0, 0.05) is 26.0 Å². The van der Waals surface area contributed by atoms with E-state index >= 15 is 0 Å². The van der Waals surface area contributed by atoms with Gasteiger partial charge in [-0.25, -0.2) is 4.98 Å². The number of anilines is 2. The number of nitrogens with one attached hydrogen (secondary N) is 1. The van der Waals surface area contributed by atoms with Crippen LogP contribution < -0.4 is 10.2 Å². The molecule has 26 heavy (non-hydrogen) atoms. The Morgan fingerprint density at radius 1 is 1.00 bits per heavy atom. The van der Waals surface area contributed by atoms with Gasteiger partial charge in [0.1, 0.15) is 5.82 Å². The second-order valence-corrected chi connectivity index (χ2v) is 6.14. The molecule has 0 aliphatic rings. The average molecular weight is 346 g/mol. The highest BCUT2D eigenvalue weighted by Crippen LogP contribution is 2.14. The molecule has 1 N–H and O–H groups in total. The van der Waals surface area contributed by atoms with Gasteiger partial charge in [0.25, 0.3) is 0 Å². The topological polar surface area (TPSA) is 58.1 Å². The Morgan fingerprint density at radius 2 is 1.77 bits per heavy atom. The smallest absolute Gasteiger partial charge is 0.228 e. The predicted molar refractivity (Wildman–Crippen MR) is 104 cm³/mol. The fraction of sp³-hybridized carbons (Fsp3) is 0.190. The standard InChI is InChI=1S/C21H22N4O/c1-25(14-11-17-9-12-22-13-10-17)20-8-7-19(16-23-20)24-21(26)15-18-5-3-2-4-6-18/h2-10,12-13,16H,11,14-15H2,1H3,(H,24,26). The van der Waals surface area contributed by atoms with Crippen molar-refractivity contribution in [2.45, 2.75) is 12.8 Å². The Bertz CT molecular complexity index is 820. The van der Waals surface area contributed by atoms with Crippen LogP contribution in [-0.4, -0.2) is 29.5 Å². The first-order valence-electron chi connectivity index (χ1n) is 8.60. The van der Waals surface area contributed by atoms with Crippen molar-refractivity contribution < 1.29 is 4.79 Å². The maximum atomic E-state index is 12.1. The van der Waals surface area contributed by atoms with Crippen molar-refractivity contribution in [3.63, 3.8) is 0 Å². The summed E-state index contributed by atoms with van der Waals surface area (Å²) in [7, 11) is 2.01. The zero-order valence-corrected chi connectivity index (χ0v) is 14.8. The quantitative estimate of drug-likeness (QED) is 0.713. The van der Waals surface area contributed by atoms with Crippen LogP contribution in [0.15, 0.2) is 73.2 Å². The molecule has 3 aromatic rings. The number of nitrogens with zero attached hydrogens (tertiary/aromatic N) is 3. The molecule has 0 saturated heterocycles. The Balaban J connectivity index is 1.51. The molecule has 0 spiro atoms. The van der Waals surface area contributed by atoms with E-state index in [1.807, 2.05) is 61.6 Å². The van der Waals surface area contributed by atoms with E-state index in [1.165, 1.54) is 5.56 Å². The van der Waals surface area contributed by atoms with Gasteiger partial charge >= 0.3 is 0 Å². The zero-order valence-electron chi connectivity index (χ0n) is 14.8. The Morgan fingerprint density at radius 3 is 2.46 bits per heavy atom.